The lowest BCUT2D eigenvalue weighted by molar-refractivity contribution is 0.355. The van der Waals surface area contributed by atoms with Crippen LogP contribution >= 0.6 is 7.52 Å². The van der Waals surface area contributed by atoms with Crippen molar-refractivity contribution in [2.24, 2.45) is 0 Å². The molecule has 7 heteroatoms. The Morgan fingerprint density at radius 2 is 1.85 bits per heavy atom. The molecular formula is C6H10NO4PS. The van der Waals surface area contributed by atoms with Crippen molar-refractivity contribution in [1.29, 1.82) is 0 Å². The predicted octanol–water partition coefficient (Wildman–Crippen LogP) is 1.43. The van der Waals surface area contributed by atoms with E-state index in [0.717, 1.165) is 23.3 Å². The summed E-state index contributed by atoms with van der Waals surface area (Å²) in [4.78, 5) is 0. The lowest BCUT2D eigenvalue weighted by atomic mass is 9.96. The van der Waals surface area contributed by atoms with Crippen LogP contribution in [0.4, 0.5) is 0 Å². The minimum Gasteiger partial charge on any atom is -0.270 e. The molecule has 3 rings (SSSR count). The molecule has 0 aromatic heterocycles. The van der Waals surface area contributed by atoms with Crippen molar-refractivity contribution in [2.75, 3.05) is 0 Å². The van der Waals surface area contributed by atoms with E-state index in [0.29, 0.717) is 12.8 Å². The first-order chi connectivity index (χ1) is 6.03. The third-order valence-electron chi connectivity index (χ3n) is 3.14. The molecule has 2 heterocycles. The molecule has 5 nitrogen and oxygen atoms in total. The Balaban J connectivity index is 2.01. The zero-order chi connectivity index (χ0) is 9.32. The number of fused-ring (bicyclic) bond motifs is 3. The zero-order valence-corrected chi connectivity index (χ0v) is 8.68. The number of hydrogen-bond donors (Lipinski definition) is 0. The number of hydrogen-bond acceptors (Lipinski definition) is 4. The Hall–Kier alpha value is 0.1000. The molecule has 2 unspecified atom stereocenters. The summed E-state index contributed by atoms with van der Waals surface area (Å²) in [5, 5.41) is -0.593. The molecule has 1 saturated carbocycles. The first kappa shape index (κ1) is 8.41. The largest absolute Gasteiger partial charge is 0.353 e. The van der Waals surface area contributed by atoms with Gasteiger partial charge in [0.2, 0.25) is 0 Å². The lowest BCUT2D eigenvalue weighted by Crippen LogP contribution is -2.25. The molecule has 3 fully saturated rings. The van der Waals surface area contributed by atoms with Crippen LogP contribution in [0.5, 0.6) is 0 Å². The van der Waals surface area contributed by atoms with Gasteiger partial charge in [-0.25, -0.2) is 0 Å². The predicted molar refractivity (Wildman–Crippen MR) is 45.3 cm³/mol. The second-order valence-corrected chi connectivity index (χ2v) is 8.20. The summed E-state index contributed by atoms with van der Waals surface area (Å²) >= 11 is 0. The smallest absolute Gasteiger partial charge is 0.270 e. The zero-order valence-electron chi connectivity index (χ0n) is 6.97. The standard InChI is InChI=1S/C6H10NO4PS/c8-12-6(4-2-1-3-5-6)7(12)13(9,10)11-12/h1-5H2. The van der Waals surface area contributed by atoms with E-state index in [1.807, 2.05) is 0 Å². The molecule has 0 bridgehead atoms. The van der Waals surface area contributed by atoms with Crippen molar-refractivity contribution in [3.8, 4) is 0 Å². The molecule has 2 atom stereocenters. The average Bonchev–Trinajstić information content (AvgIpc) is 2.45. The molecule has 0 radical (unpaired) electrons. The molecule has 13 heavy (non-hydrogen) atoms. The Kier molecular flexibility index (Phi) is 1.31. The van der Waals surface area contributed by atoms with Crippen LogP contribution < -0.4 is 0 Å². The van der Waals surface area contributed by atoms with E-state index in [-0.39, 0.29) is 0 Å². The van der Waals surface area contributed by atoms with E-state index >= 15 is 0 Å². The molecule has 0 aromatic carbocycles. The van der Waals surface area contributed by atoms with E-state index in [1.165, 1.54) is 0 Å². The van der Waals surface area contributed by atoms with Gasteiger partial charge in [-0.1, -0.05) is 23.3 Å². The first-order valence-electron chi connectivity index (χ1n) is 4.40. The molecular weight excluding hydrogens is 213 g/mol. The summed E-state index contributed by atoms with van der Waals surface area (Å²) < 4.78 is 39.6. The van der Waals surface area contributed by atoms with Crippen molar-refractivity contribution < 1.29 is 17.0 Å². The number of rotatable bonds is 0. The highest BCUT2D eigenvalue weighted by molar-refractivity contribution is 8.06. The highest BCUT2D eigenvalue weighted by atomic mass is 32.3. The fraction of sp³-hybridized carbons (Fsp3) is 1.00. The molecule has 1 spiro atoms. The highest BCUT2D eigenvalue weighted by Gasteiger charge is 2.89. The van der Waals surface area contributed by atoms with E-state index < -0.39 is 23.1 Å². The third kappa shape index (κ3) is 0.731. The normalized spacial score (nSPS) is 49.4. The maximum atomic E-state index is 11.8. The van der Waals surface area contributed by atoms with Gasteiger partial charge in [-0.15, -0.1) is 0 Å². The van der Waals surface area contributed by atoms with Crippen LogP contribution in [0.1, 0.15) is 32.1 Å². The van der Waals surface area contributed by atoms with Crippen LogP contribution in [0.15, 0.2) is 0 Å². The van der Waals surface area contributed by atoms with Gasteiger partial charge in [0, 0.05) is 0 Å². The Morgan fingerprint density at radius 1 is 1.23 bits per heavy atom. The fourth-order valence-corrected chi connectivity index (χ4v) is 8.95. The summed E-state index contributed by atoms with van der Waals surface area (Å²) in [5.74, 6) is 0. The van der Waals surface area contributed by atoms with Crippen LogP contribution in [0, 0.1) is 0 Å². The fourth-order valence-electron chi connectivity index (χ4n) is 2.50. The summed E-state index contributed by atoms with van der Waals surface area (Å²) in [6.45, 7) is 0. The maximum absolute atomic E-state index is 11.8. The van der Waals surface area contributed by atoms with Crippen molar-refractivity contribution in [1.82, 2.24) is 4.08 Å². The lowest BCUT2D eigenvalue weighted by Gasteiger charge is -2.16. The van der Waals surface area contributed by atoms with Crippen LogP contribution in [-0.4, -0.2) is 17.8 Å². The van der Waals surface area contributed by atoms with E-state index in [4.69, 9.17) is 0 Å². The van der Waals surface area contributed by atoms with Gasteiger partial charge in [-0.3, -0.25) is 4.57 Å². The van der Waals surface area contributed by atoms with E-state index in [9.17, 15) is 13.0 Å². The summed E-state index contributed by atoms with van der Waals surface area (Å²) in [7, 11) is -6.46. The monoisotopic (exact) mass is 223 g/mol. The van der Waals surface area contributed by atoms with Gasteiger partial charge in [0.1, 0.15) is 5.28 Å². The van der Waals surface area contributed by atoms with Gasteiger partial charge in [0.25, 0.3) is 0 Å². The molecule has 2 saturated heterocycles. The topological polar surface area (TPSA) is 63.5 Å². The minimum absolute atomic E-state index is 0.593. The Morgan fingerprint density at radius 3 is 2.23 bits per heavy atom. The number of nitrogens with zero attached hydrogens (tertiary/aromatic N) is 1. The Labute approximate surface area is 76.8 Å². The summed E-state index contributed by atoms with van der Waals surface area (Å²) in [6, 6.07) is 0. The second-order valence-electron chi connectivity index (χ2n) is 3.84. The van der Waals surface area contributed by atoms with Gasteiger partial charge in [-0.05, 0) is 12.8 Å². The van der Waals surface area contributed by atoms with Crippen molar-refractivity contribution >= 4 is 17.8 Å². The van der Waals surface area contributed by atoms with Crippen LogP contribution in [0.2, 0.25) is 0 Å². The van der Waals surface area contributed by atoms with Crippen molar-refractivity contribution in [2.45, 2.75) is 37.4 Å². The Bertz CT molecular complexity index is 410. The molecule has 74 valence electrons. The van der Waals surface area contributed by atoms with Gasteiger partial charge in [0.05, 0.1) is 0 Å². The van der Waals surface area contributed by atoms with Gasteiger partial charge in [0.15, 0.2) is 0 Å². The molecule has 1 aliphatic carbocycles. The summed E-state index contributed by atoms with van der Waals surface area (Å²) in [5.41, 5.74) is 0. The van der Waals surface area contributed by atoms with Crippen LogP contribution in [-0.2, 0) is 18.8 Å². The molecule has 0 aromatic rings. The van der Waals surface area contributed by atoms with Crippen molar-refractivity contribution in [3.63, 3.8) is 0 Å². The quantitative estimate of drug-likeness (QED) is 0.460. The van der Waals surface area contributed by atoms with Crippen molar-refractivity contribution in [3.05, 3.63) is 0 Å². The third-order valence-corrected chi connectivity index (χ3v) is 9.23. The minimum atomic E-state index is -3.58. The second kappa shape index (κ2) is 2.03. The van der Waals surface area contributed by atoms with Gasteiger partial charge >= 0.3 is 17.8 Å². The van der Waals surface area contributed by atoms with Gasteiger partial charge in [-0.2, -0.15) is 12.4 Å². The molecule has 3 aliphatic rings. The molecule has 0 amide bonds. The average molecular weight is 223 g/mol. The SMILES string of the molecule is O=P12OS(=O)(=O)N1C21CCCCC1. The summed E-state index contributed by atoms with van der Waals surface area (Å²) in [6.07, 6.45) is 4.45. The van der Waals surface area contributed by atoms with E-state index in [2.05, 4.69) is 3.97 Å². The molecule has 0 N–H and O–H groups in total. The van der Waals surface area contributed by atoms with Crippen LogP contribution in [0.3, 0.4) is 0 Å². The highest BCUT2D eigenvalue weighted by Crippen LogP contribution is 2.93. The molecule has 2 aliphatic heterocycles. The maximum Gasteiger partial charge on any atom is 0.353 e. The van der Waals surface area contributed by atoms with Crippen LogP contribution in [0.25, 0.3) is 0 Å². The van der Waals surface area contributed by atoms with Gasteiger partial charge < -0.3 is 0 Å². The van der Waals surface area contributed by atoms with E-state index in [1.54, 1.807) is 0 Å². The first-order valence-corrected chi connectivity index (χ1v) is 7.34.